The summed E-state index contributed by atoms with van der Waals surface area (Å²) in [5.74, 6) is 1.35. The zero-order valence-corrected chi connectivity index (χ0v) is 87.9. The van der Waals surface area contributed by atoms with E-state index in [0.29, 0.717) is 30.6 Å². The number of halogens is 1. The smallest absolute Gasteiger partial charge is 0.159 e. The third-order valence-corrected chi connectivity index (χ3v) is 19.2. The first-order valence-electron chi connectivity index (χ1n) is 42.8. The van der Waals surface area contributed by atoms with Crippen molar-refractivity contribution in [2.24, 2.45) is 17.8 Å². The van der Waals surface area contributed by atoms with Crippen LogP contribution in [0, 0.1) is 103 Å². The third kappa shape index (κ3) is 38.7. The summed E-state index contributed by atoms with van der Waals surface area (Å²) in [6.07, 6.45) is 8.84. The maximum absolute atomic E-state index is 13.5. The van der Waals surface area contributed by atoms with Crippen molar-refractivity contribution in [3.05, 3.63) is 358 Å². The molecule has 0 saturated heterocycles. The van der Waals surface area contributed by atoms with Crippen molar-refractivity contribution in [1.82, 2.24) is 19.9 Å². The van der Waals surface area contributed by atoms with E-state index in [1.807, 2.05) is 57.2 Å². The van der Waals surface area contributed by atoms with Crippen LogP contribution >= 0.6 is 0 Å². The average Bonchev–Trinajstić information content (AvgIpc) is 0.784. The second kappa shape index (κ2) is 56.7. The van der Waals surface area contributed by atoms with Gasteiger partial charge in [-0.25, -0.2) is 4.39 Å². The summed E-state index contributed by atoms with van der Waals surface area (Å²) in [6, 6.07) is 90.1. The van der Waals surface area contributed by atoms with Crippen LogP contribution in [0.4, 0.5) is 4.39 Å². The van der Waals surface area contributed by atoms with Gasteiger partial charge in [0.25, 0.3) is 0 Å². The van der Waals surface area contributed by atoms with E-state index in [9.17, 15) is 28.7 Å². The Kier molecular flexibility index (Phi) is 49.5. The molecule has 4 aromatic heterocycles. The molecule has 0 aliphatic rings. The summed E-state index contributed by atoms with van der Waals surface area (Å²) in [5, 5.41) is 38.8. The van der Waals surface area contributed by atoms with Gasteiger partial charge in [-0.2, -0.15) is 0 Å². The number of aromatic nitrogens is 4. The number of rotatable bonds is 18. The molecule has 0 amide bonds. The Morgan fingerprint density at radius 1 is 0.369 bits per heavy atom. The Bertz CT molecular complexity index is 6080. The number of hydrogen-bond donors (Lipinski definition) is 4. The minimum Gasteiger partial charge on any atom is -0.512 e. The molecule has 0 atom stereocenters. The van der Waals surface area contributed by atoms with E-state index >= 15 is 0 Å². The summed E-state index contributed by atoms with van der Waals surface area (Å²) in [7, 11) is 0. The van der Waals surface area contributed by atoms with Gasteiger partial charge in [0, 0.05) is 139 Å². The fourth-order valence-electron chi connectivity index (χ4n) is 13.7. The molecule has 0 spiro atoms. The van der Waals surface area contributed by atoms with E-state index < -0.39 is 0 Å². The molecule has 0 unspecified atom stereocenters. The predicted molar refractivity (Wildman–Crippen MR) is 521 cm³/mol. The van der Waals surface area contributed by atoms with E-state index in [2.05, 4.69) is 282 Å². The van der Waals surface area contributed by atoms with Gasteiger partial charge in [0.1, 0.15) is 5.82 Å². The molecule has 0 aliphatic heterocycles. The summed E-state index contributed by atoms with van der Waals surface area (Å²) in [4.78, 5) is 60.5. The first kappa shape index (κ1) is 113. The van der Waals surface area contributed by atoms with E-state index in [4.69, 9.17) is 30.3 Å². The van der Waals surface area contributed by atoms with E-state index in [-0.39, 0.29) is 132 Å². The number of benzene rings is 10. The normalized spacial score (nSPS) is 10.9. The first-order chi connectivity index (χ1) is 59.8. The molecule has 14 rings (SSSR count). The van der Waals surface area contributed by atoms with Crippen LogP contribution < -0.4 is 0 Å². The number of aryl methyl sites for hydroxylation is 8. The molecule has 0 aliphatic carbocycles. The van der Waals surface area contributed by atoms with Crippen LogP contribution in [-0.2, 0) is 112 Å². The molecule has 10 aromatic carbocycles. The van der Waals surface area contributed by atoms with E-state index in [0.717, 1.165) is 103 Å². The fourth-order valence-corrected chi connectivity index (χ4v) is 13.7. The van der Waals surface area contributed by atoms with Gasteiger partial charge < -0.3 is 20.4 Å². The summed E-state index contributed by atoms with van der Waals surface area (Å²) in [5.41, 5.74) is 29.2. The van der Waals surface area contributed by atoms with Crippen LogP contribution in [0.3, 0.4) is 0 Å². The molecular weight excluding hydrogens is 2330 g/mol. The van der Waals surface area contributed by atoms with Crippen LogP contribution in [0.2, 0.25) is 0 Å². The average molecular weight is 2450 g/mol. The predicted octanol–water partition coefficient (Wildman–Crippen LogP) is 29.1. The van der Waals surface area contributed by atoms with Crippen molar-refractivity contribution < 1.29 is 124 Å². The number of nitrogens with zero attached hydrogens (tertiary/aromatic N) is 4. The van der Waals surface area contributed by atoms with Gasteiger partial charge >= 0.3 is 0 Å². The Morgan fingerprint density at radius 3 is 1.27 bits per heavy atom. The first-order valence-corrected chi connectivity index (χ1v) is 42.8. The molecular formula is C113H121FIr4N4O8-4. The molecule has 4 heterocycles. The zero-order chi connectivity index (χ0) is 92.4. The standard InChI is InChI=1S/2C24H20N.C21H22N.C19H17FN.C10H18O2.3C5H8O2.4Ir/c1-16-4-9-19(10-5-16)21-15-24(20-11-6-17(2)7-12-20)25-23-13-8-18(3)14-22(21)23;1-16-7-10-19(11-8-16)21-15-24(20-6-4-5-17(2)13-20)25-23-12-9-18(3)14-22(21)23;1-14(2)10-17-6-5-7-21-19(17)8-9-20(22-21)18-12-15(3)11-16(4)13-18;1-13(2)10-15-11-19(14-6-4-3-5-7-14)21-18-9-8-16(20)12-17(15)18;1-4-5-9(11)7-10(12)6-8(2)3;3*1-4(6)3-5(2)7;;;;/h4-11,13-15H,1-3H3;4-5,7-15H,1-3H3;5-9,11-12,14H,10H2,1-4H3;3-6,8-9,11-13H,10H2,1-2H3;7-8,11H,4-6H2,1-3H3;3*3,6H,1-2H3;;;;/q4*-1;;;;;;;;. The molecule has 688 valence electrons. The second-order valence-electron chi connectivity index (χ2n) is 33.3. The largest absolute Gasteiger partial charge is 0.512 e. The van der Waals surface area contributed by atoms with Crippen LogP contribution in [0.1, 0.15) is 165 Å². The van der Waals surface area contributed by atoms with Gasteiger partial charge in [0.15, 0.2) is 23.1 Å². The number of carbonyl (C=O) groups excluding carboxylic acids is 4. The number of fused-ring (bicyclic) bond motifs is 4. The van der Waals surface area contributed by atoms with Gasteiger partial charge in [-0.15, -0.1) is 142 Å². The second-order valence-corrected chi connectivity index (χ2v) is 33.3. The van der Waals surface area contributed by atoms with Crippen molar-refractivity contribution in [2.75, 3.05) is 0 Å². The Hall–Kier alpha value is -10.8. The number of allylic oxidation sites excluding steroid dienone is 8. The van der Waals surface area contributed by atoms with Crippen LogP contribution in [-0.4, -0.2) is 63.5 Å². The van der Waals surface area contributed by atoms with Crippen molar-refractivity contribution in [3.63, 3.8) is 0 Å². The topological polar surface area (TPSA) is 201 Å². The summed E-state index contributed by atoms with van der Waals surface area (Å²) in [6.45, 7) is 40.2. The maximum Gasteiger partial charge on any atom is 0.159 e. The minimum absolute atomic E-state index is 0. The van der Waals surface area contributed by atoms with Gasteiger partial charge in [0.05, 0.1) is 45.1 Å². The van der Waals surface area contributed by atoms with Crippen LogP contribution in [0.15, 0.2) is 272 Å². The van der Waals surface area contributed by atoms with Crippen molar-refractivity contribution >= 4 is 66.7 Å². The number of ketones is 4. The van der Waals surface area contributed by atoms with Crippen molar-refractivity contribution in [1.29, 1.82) is 0 Å². The molecule has 4 radical (unpaired) electrons. The number of carbonyl (C=O) groups is 4. The number of aliphatic hydroxyl groups is 4. The number of pyridine rings is 4. The third-order valence-electron chi connectivity index (χ3n) is 19.2. The monoisotopic (exact) mass is 2450 g/mol. The Labute approximate surface area is 824 Å². The number of hydrogen-bond acceptors (Lipinski definition) is 12. The molecule has 0 saturated carbocycles. The van der Waals surface area contributed by atoms with E-state index in [1.54, 1.807) is 12.1 Å². The van der Waals surface area contributed by atoms with Gasteiger partial charge in [-0.05, 0) is 211 Å². The van der Waals surface area contributed by atoms with Crippen LogP contribution in [0.5, 0.6) is 0 Å². The Balaban J connectivity index is 0.000000398. The van der Waals surface area contributed by atoms with Gasteiger partial charge in [-0.3, -0.25) is 39.1 Å². The maximum atomic E-state index is 13.5. The SMILES string of the molecule is CC(=O)C=C(C)O.CC(=O)C=C(C)O.CC(=O)C=C(C)O.CC(C)Cc1cc(-c2[c-]cccc2)nc2ccc(F)cc12.CCCC(O)=CC(=O)CC(C)C.Cc1[c-]c(-c2ccc3c(CC(C)C)cccc3n2)cc(C)c1.Cc1c[c-]c(-c2cc(-c3ccc(C)cc3)c3cc(C)ccc3n2)cc1.Cc1ccc(-c2cc(-c3[c-]ccc(C)c3)nc3ccc(C)cc23)cc1.[Ir].[Ir].[Ir].[Ir]. The molecule has 0 fully saturated rings. The Morgan fingerprint density at radius 2 is 0.815 bits per heavy atom. The molecule has 17 heteroatoms. The van der Waals surface area contributed by atoms with Crippen molar-refractivity contribution in [2.45, 2.75) is 178 Å². The van der Waals surface area contributed by atoms with Gasteiger partial charge in [0.2, 0.25) is 0 Å². The van der Waals surface area contributed by atoms with Crippen molar-refractivity contribution in [3.8, 4) is 67.3 Å². The minimum atomic E-state index is -0.215. The number of aliphatic hydroxyl groups excluding tert-OH is 4. The quantitative estimate of drug-likeness (QED) is 0.0360. The fraction of sp³-hybridized carbons (Fsp3) is 0.257. The molecule has 14 aromatic rings. The van der Waals surface area contributed by atoms with E-state index in [1.165, 1.54) is 155 Å². The summed E-state index contributed by atoms with van der Waals surface area (Å²) < 4.78 is 13.5. The molecule has 130 heavy (non-hydrogen) atoms. The van der Waals surface area contributed by atoms with Crippen LogP contribution in [0.25, 0.3) is 111 Å². The molecule has 0 bridgehead atoms. The zero-order valence-electron chi connectivity index (χ0n) is 78.4. The molecule has 12 nitrogen and oxygen atoms in total. The molecule has 4 N–H and O–H groups in total. The van der Waals surface area contributed by atoms with Gasteiger partial charge in [-0.1, -0.05) is 202 Å². The summed E-state index contributed by atoms with van der Waals surface area (Å²) >= 11 is 0.